The first-order valence-corrected chi connectivity index (χ1v) is 4.93. The predicted octanol–water partition coefficient (Wildman–Crippen LogP) is 3.62. The van der Waals surface area contributed by atoms with Crippen LogP contribution in [0.15, 0.2) is 24.3 Å². The van der Waals surface area contributed by atoms with Gasteiger partial charge in [0.05, 0.1) is 0 Å². The Bertz CT molecular complexity index is 361. The van der Waals surface area contributed by atoms with Crippen molar-refractivity contribution in [3.05, 3.63) is 41.0 Å². The van der Waals surface area contributed by atoms with Crippen LogP contribution in [-0.2, 0) is 0 Å². The summed E-state index contributed by atoms with van der Waals surface area (Å²) in [5.74, 6) is 0.124. The number of carbonyl (C=O) groups is 1. The smallest absolute Gasteiger partial charge is 0.159 e. The average Bonchev–Trinajstić information content (AvgIpc) is 2.15. The van der Waals surface area contributed by atoms with E-state index < -0.39 is 0 Å². The van der Waals surface area contributed by atoms with Gasteiger partial charge in [0.2, 0.25) is 0 Å². The average molecular weight is 188 g/mol. The van der Waals surface area contributed by atoms with Crippen LogP contribution < -0.4 is 0 Å². The van der Waals surface area contributed by atoms with E-state index in [-0.39, 0.29) is 5.78 Å². The fourth-order valence-electron chi connectivity index (χ4n) is 1.33. The van der Waals surface area contributed by atoms with Gasteiger partial charge in [-0.25, -0.2) is 0 Å². The molecule has 0 amide bonds. The summed E-state index contributed by atoms with van der Waals surface area (Å²) in [4.78, 5) is 11.1. The van der Waals surface area contributed by atoms with Gasteiger partial charge in [-0.2, -0.15) is 0 Å². The highest BCUT2D eigenvalue weighted by Crippen LogP contribution is 2.13. The van der Waals surface area contributed by atoms with Crippen LogP contribution in [0.25, 0.3) is 6.08 Å². The van der Waals surface area contributed by atoms with E-state index in [9.17, 15) is 4.79 Å². The van der Waals surface area contributed by atoms with Crippen LogP contribution in [0.4, 0.5) is 0 Å². The third-order valence-electron chi connectivity index (χ3n) is 2.21. The molecule has 74 valence electrons. The maximum Gasteiger partial charge on any atom is 0.159 e. The summed E-state index contributed by atoms with van der Waals surface area (Å²) in [5, 5.41) is 0. The second-order valence-corrected chi connectivity index (χ2v) is 3.44. The molecular formula is C13H16O. The van der Waals surface area contributed by atoms with E-state index in [2.05, 4.69) is 19.1 Å². The molecule has 1 rings (SSSR count). The van der Waals surface area contributed by atoms with E-state index in [0.717, 1.165) is 17.5 Å². The monoisotopic (exact) mass is 188 g/mol. The summed E-state index contributed by atoms with van der Waals surface area (Å²) in [5.41, 5.74) is 3.13. The van der Waals surface area contributed by atoms with Gasteiger partial charge in [0.15, 0.2) is 5.78 Å². The number of ketones is 1. The zero-order valence-corrected chi connectivity index (χ0v) is 9.00. The van der Waals surface area contributed by atoms with E-state index >= 15 is 0 Å². The fraction of sp³-hybridized carbons (Fsp3) is 0.308. The van der Waals surface area contributed by atoms with Crippen LogP contribution in [0.1, 0.15) is 41.8 Å². The molecule has 0 saturated heterocycles. The molecule has 0 aliphatic rings. The van der Waals surface area contributed by atoms with Crippen LogP contribution in [0, 0.1) is 6.92 Å². The van der Waals surface area contributed by atoms with E-state index in [0.29, 0.717) is 0 Å². The molecule has 0 fully saturated rings. The van der Waals surface area contributed by atoms with Gasteiger partial charge in [0, 0.05) is 5.56 Å². The van der Waals surface area contributed by atoms with Crippen molar-refractivity contribution in [1.82, 2.24) is 0 Å². The van der Waals surface area contributed by atoms with Crippen LogP contribution >= 0.6 is 0 Å². The maximum absolute atomic E-state index is 11.1. The van der Waals surface area contributed by atoms with Gasteiger partial charge in [0.25, 0.3) is 0 Å². The number of rotatable bonds is 3. The van der Waals surface area contributed by atoms with Crippen LogP contribution in [-0.4, -0.2) is 5.78 Å². The van der Waals surface area contributed by atoms with Gasteiger partial charge < -0.3 is 0 Å². The van der Waals surface area contributed by atoms with Gasteiger partial charge >= 0.3 is 0 Å². The van der Waals surface area contributed by atoms with Crippen molar-refractivity contribution in [1.29, 1.82) is 0 Å². The topological polar surface area (TPSA) is 17.1 Å². The summed E-state index contributed by atoms with van der Waals surface area (Å²) in [7, 11) is 0. The first-order chi connectivity index (χ1) is 6.65. The third-order valence-corrected chi connectivity index (χ3v) is 2.21. The summed E-state index contributed by atoms with van der Waals surface area (Å²) >= 11 is 0. The van der Waals surface area contributed by atoms with Crippen molar-refractivity contribution in [2.45, 2.75) is 27.2 Å². The molecular weight excluding hydrogens is 172 g/mol. The Kier molecular flexibility index (Phi) is 3.63. The van der Waals surface area contributed by atoms with Gasteiger partial charge in [0.1, 0.15) is 0 Å². The molecule has 0 heterocycles. The van der Waals surface area contributed by atoms with Crippen LogP contribution in [0.3, 0.4) is 0 Å². The first kappa shape index (κ1) is 10.7. The molecule has 1 aromatic rings. The zero-order valence-electron chi connectivity index (χ0n) is 9.00. The van der Waals surface area contributed by atoms with Crippen LogP contribution in [0.2, 0.25) is 0 Å². The van der Waals surface area contributed by atoms with Crippen molar-refractivity contribution in [3.8, 4) is 0 Å². The lowest BCUT2D eigenvalue weighted by atomic mass is 10.0. The summed E-state index contributed by atoms with van der Waals surface area (Å²) in [6.45, 7) is 5.73. The minimum Gasteiger partial charge on any atom is -0.295 e. The van der Waals surface area contributed by atoms with Crippen molar-refractivity contribution in [2.24, 2.45) is 0 Å². The standard InChI is InChI=1S/C13H16O/c1-4-5-6-12-7-8-13(11(3)14)9-10(12)2/h5-9H,4H2,1-3H3/b6-5-. The molecule has 0 aliphatic carbocycles. The Labute approximate surface area is 85.5 Å². The Balaban J connectivity index is 3.01. The lowest BCUT2D eigenvalue weighted by molar-refractivity contribution is 0.101. The molecule has 0 saturated carbocycles. The highest BCUT2D eigenvalue weighted by Gasteiger charge is 2.00. The van der Waals surface area contributed by atoms with E-state index in [4.69, 9.17) is 0 Å². The molecule has 0 spiro atoms. The SMILES string of the molecule is CC/C=C\c1ccc(C(C)=O)cc1C. The van der Waals surface area contributed by atoms with Crippen molar-refractivity contribution in [2.75, 3.05) is 0 Å². The molecule has 0 aliphatic heterocycles. The molecule has 0 N–H and O–H groups in total. The molecule has 0 atom stereocenters. The lowest BCUT2D eigenvalue weighted by Crippen LogP contribution is -1.93. The number of hydrogen-bond donors (Lipinski definition) is 0. The molecule has 1 heteroatoms. The Morgan fingerprint density at radius 3 is 2.64 bits per heavy atom. The molecule has 0 unspecified atom stereocenters. The van der Waals surface area contributed by atoms with E-state index in [1.54, 1.807) is 6.92 Å². The molecule has 0 radical (unpaired) electrons. The molecule has 14 heavy (non-hydrogen) atoms. The highest BCUT2D eigenvalue weighted by atomic mass is 16.1. The van der Waals surface area contributed by atoms with Crippen molar-refractivity contribution < 1.29 is 4.79 Å². The molecule has 1 nitrogen and oxygen atoms in total. The van der Waals surface area contributed by atoms with Crippen molar-refractivity contribution in [3.63, 3.8) is 0 Å². The second-order valence-electron chi connectivity index (χ2n) is 3.44. The number of carbonyl (C=O) groups excluding carboxylic acids is 1. The lowest BCUT2D eigenvalue weighted by Gasteiger charge is -2.02. The molecule has 1 aromatic carbocycles. The largest absolute Gasteiger partial charge is 0.295 e. The number of aryl methyl sites for hydroxylation is 1. The quantitative estimate of drug-likeness (QED) is 0.662. The van der Waals surface area contributed by atoms with Gasteiger partial charge in [-0.15, -0.1) is 0 Å². The van der Waals surface area contributed by atoms with Crippen LogP contribution in [0.5, 0.6) is 0 Å². The number of allylic oxidation sites excluding steroid dienone is 1. The predicted molar refractivity (Wildman–Crippen MR) is 60.5 cm³/mol. The van der Waals surface area contributed by atoms with E-state index in [1.807, 2.05) is 25.1 Å². The summed E-state index contributed by atoms with van der Waals surface area (Å²) in [6.07, 6.45) is 5.25. The Hall–Kier alpha value is -1.37. The highest BCUT2D eigenvalue weighted by molar-refractivity contribution is 5.94. The van der Waals surface area contributed by atoms with Gasteiger partial charge in [-0.1, -0.05) is 31.2 Å². The number of hydrogen-bond acceptors (Lipinski definition) is 1. The second kappa shape index (κ2) is 4.75. The molecule has 0 aromatic heterocycles. The van der Waals surface area contributed by atoms with E-state index in [1.165, 1.54) is 5.56 Å². The Morgan fingerprint density at radius 2 is 2.14 bits per heavy atom. The maximum atomic E-state index is 11.1. The minimum absolute atomic E-state index is 0.124. The third kappa shape index (κ3) is 2.56. The Morgan fingerprint density at radius 1 is 1.43 bits per heavy atom. The normalized spacial score (nSPS) is 10.8. The van der Waals surface area contributed by atoms with Gasteiger partial charge in [-0.05, 0) is 37.5 Å². The summed E-state index contributed by atoms with van der Waals surface area (Å²) in [6, 6.07) is 5.82. The fourth-order valence-corrected chi connectivity index (χ4v) is 1.33. The van der Waals surface area contributed by atoms with Crippen molar-refractivity contribution >= 4 is 11.9 Å². The number of benzene rings is 1. The molecule has 0 bridgehead atoms. The van der Waals surface area contributed by atoms with Gasteiger partial charge in [-0.3, -0.25) is 4.79 Å². The number of Topliss-reactive ketones (excluding diaryl/α,β-unsaturated/α-hetero) is 1. The first-order valence-electron chi connectivity index (χ1n) is 4.93. The summed E-state index contributed by atoms with van der Waals surface area (Å²) < 4.78 is 0. The zero-order chi connectivity index (χ0) is 10.6. The minimum atomic E-state index is 0.124.